The molecule has 2 saturated heterocycles. The number of benzene rings is 2. The maximum absolute atomic E-state index is 13.2. The van der Waals surface area contributed by atoms with Gasteiger partial charge in [0.1, 0.15) is 5.25 Å². The van der Waals surface area contributed by atoms with E-state index < -0.39 is 5.25 Å². The first-order valence-corrected chi connectivity index (χ1v) is 12.2. The Bertz CT molecular complexity index is 1060. The summed E-state index contributed by atoms with van der Waals surface area (Å²) in [6.07, 6.45) is 2.18. The van der Waals surface area contributed by atoms with Crippen molar-refractivity contribution in [2.75, 3.05) is 25.0 Å². The first kappa shape index (κ1) is 23.3. The summed E-state index contributed by atoms with van der Waals surface area (Å²) in [7, 11) is 0. The first-order valence-electron chi connectivity index (χ1n) is 10.9. The standard InChI is InChI=1S/C24H25ClN4O3S/c25-17-7-4-10-19(15-17)26-21(30)16-20-23(32)29(14-6-13-28-12-5-11-22(28)31)24(33-20)27-18-8-2-1-3-9-18/h1-4,7-10,15,20H,5-6,11-14,16H2,(H,26,30)/t20-/m1/s1. The van der Waals surface area contributed by atoms with Crippen LogP contribution in [0.5, 0.6) is 0 Å². The normalized spacial score (nSPS) is 19.5. The van der Waals surface area contributed by atoms with Crippen LogP contribution < -0.4 is 5.32 Å². The lowest BCUT2D eigenvalue weighted by molar-refractivity contribution is -0.128. The molecule has 2 fully saturated rings. The number of likely N-dealkylation sites (tertiary alicyclic amines) is 1. The molecular formula is C24H25ClN4O3S. The molecule has 0 aliphatic carbocycles. The van der Waals surface area contributed by atoms with Crippen LogP contribution in [0.4, 0.5) is 11.4 Å². The first-order chi connectivity index (χ1) is 16.0. The molecule has 2 aliphatic rings. The van der Waals surface area contributed by atoms with Crippen molar-refractivity contribution in [3.05, 3.63) is 59.6 Å². The van der Waals surface area contributed by atoms with Crippen LogP contribution >= 0.6 is 23.4 Å². The van der Waals surface area contributed by atoms with Gasteiger partial charge in [-0.1, -0.05) is 47.6 Å². The van der Waals surface area contributed by atoms with E-state index in [1.807, 2.05) is 35.2 Å². The average molecular weight is 485 g/mol. The highest BCUT2D eigenvalue weighted by Gasteiger charge is 2.39. The number of hydrogen-bond acceptors (Lipinski definition) is 5. The number of nitrogens with one attached hydrogen (secondary N) is 1. The highest BCUT2D eigenvalue weighted by Crippen LogP contribution is 2.32. The van der Waals surface area contributed by atoms with Crippen LogP contribution in [0.15, 0.2) is 59.6 Å². The molecule has 0 unspecified atom stereocenters. The summed E-state index contributed by atoms with van der Waals surface area (Å²) in [4.78, 5) is 45.8. The fourth-order valence-corrected chi connectivity index (χ4v) is 5.22. The van der Waals surface area contributed by atoms with E-state index in [-0.39, 0.29) is 24.1 Å². The van der Waals surface area contributed by atoms with Crippen molar-refractivity contribution < 1.29 is 14.4 Å². The molecule has 2 aromatic rings. The van der Waals surface area contributed by atoms with E-state index in [0.717, 1.165) is 18.7 Å². The molecule has 0 saturated carbocycles. The summed E-state index contributed by atoms with van der Waals surface area (Å²) in [5, 5.41) is 3.36. The van der Waals surface area contributed by atoms with Gasteiger partial charge in [0.25, 0.3) is 0 Å². The molecule has 2 aromatic carbocycles. The van der Waals surface area contributed by atoms with Crippen LogP contribution in [0.25, 0.3) is 0 Å². The van der Waals surface area contributed by atoms with Crippen LogP contribution in [0.1, 0.15) is 25.7 Å². The van der Waals surface area contributed by atoms with Crippen molar-refractivity contribution in [3.8, 4) is 0 Å². The van der Waals surface area contributed by atoms with E-state index in [2.05, 4.69) is 10.3 Å². The van der Waals surface area contributed by atoms with Gasteiger partial charge in [-0.2, -0.15) is 0 Å². The minimum atomic E-state index is -0.555. The SMILES string of the molecule is O=C(C[C@H]1SC(=Nc2ccccc2)N(CCCN2CCCC2=O)C1=O)Nc1cccc(Cl)c1. The minimum Gasteiger partial charge on any atom is -0.343 e. The lowest BCUT2D eigenvalue weighted by Gasteiger charge is -2.20. The molecule has 0 spiro atoms. The van der Waals surface area contributed by atoms with Gasteiger partial charge in [-0.05, 0) is 43.2 Å². The van der Waals surface area contributed by atoms with E-state index in [0.29, 0.717) is 41.8 Å². The number of rotatable bonds is 8. The number of carbonyl (C=O) groups is 3. The zero-order chi connectivity index (χ0) is 23.2. The van der Waals surface area contributed by atoms with Gasteiger partial charge < -0.3 is 10.2 Å². The van der Waals surface area contributed by atoms with Crippen molar-refractivity contribution in [1.29, 1.82) is 0 Å². The van der Waals surface area contributed by atoms with Crippen molar-refractivity contribution in [2.24, 2.45) is 4.99 Å². The minimum absolute atomic E-state index is 0.0327. The molecule has 0 radical (unpaired) electrons. The van der Waals surface area contributed by atoms with Gasteiger partial charge in [0.05, 0.1) is 5.69 Å². The predicted molar refractivity (Wildman–Crippen MR) is 132 cm³/mol. The number of amidine groups is 1. The van der Waals surface area contributed by atoms with E-state index in [1.54, 1.807) is 29.2 Å². The maximum atomic E-state index is 13.2. The van der Waals surface area contributed by atoms with Gasteiger partial charge in [-0.15, -0.1) is 0 Å². The summed E-state index contributed by atoms with van der Waals surface area (Å²) in [5.74, 6) is -0.221. The molecule has 9 heteroatoms. The number of halogens is 1. The summed E-state index contributed by atoms with van der Waals surface area (Å²) in [5.41, 5.74) is 1.34. The Morgan fingerprint density at radius 1 is 1.12 bits per heavy atom. The molecule has 1 N–H and O–H groups in total. The quantitative estimate of drug-likeness (QED) is 0.605. The van der Waals surface area contributed by atoms with Crippen LogP contribution in [0.2, 0.25) is 5.02 Å². The lowest BCUT2D eigenvalue weighted by Crippen LogP contribution is -2.36. The molecule has 172 valence electrons. The smallest absolute Gasteiger partial charge is 0.242 e. The Labute approximate surface area is 202 Å². The Morgan fingerprint density at radius 3 is 2.67 bits per heavy atom. The third-order valence-corrected chi connectivity index (χ3v) is 6.87. The molecule has 0 bridgehead atoms. The van der Waals surface area contributed by atoms with Crippen molar-refractivity contribution in [2.45, 2.75) is 30.9 Å². The third-order valence-electron chi connectivity index (χ3n) is 5.46. The second kappa shape index (κ2) is 10.9. The molecule has 3 amide bonds. The average Bonchev–Trinajstić information content (AvgIpc) is 3.32. The predicted octanol–water partition coefficient (Wildman–Crippen LogP) is 4.31. The Morgan fingerprint density at radius 2 is 1.94 bits per heavy atom. The number of amides is 3. The zero-order valence-electron chi connectivity index (χ0n) is 18.1. The second-order valence-corrected chi connectivity index (χ2v) is 9.53. The second-order valence-electron chi connectivity index (χ2n) is 7.93. The number of thioether (sulfide) groups is 1. The van der Waals surface area contributed by atoms with E-state index >= 15 is 0 Å². The summed E-state index contributed by atoms with van der Waals surface area (Å²) in [6, 6.07) is 16.3. The van der Waals surface area contributed by atoms with Crippen molar-refractivity contribution in [1.82, 2.24) is 9.80 Å². The highest BCUT2D eigenvalue weighted by molar-refractivity contribution is 8.15. The molecule has 0 aromatic heterocycles. The molecular weight excluding hydrogens is 460 g/mol. The lowest BCUT2D eigenvalue weighted by atomic mass is 10.2. The number of para-hydroxylation sites is 1. The molecule has 33 heavy (non-hydrogen) atoms. The topological polar surface area (TPSA) is 82.1 Å². The fraction of sp³-hybridized carbons (Fsp3) is 0.333. The van der Waals surface area contributed by atoms with E-state index in [4.69, 9.17) is 11.6 Å². The highest BCUT2D eigenvalue weighted by atomic mass is 35.5. The largest absolute Gasteiger partial charge is 0.343 e. The third kappa shape index (κ3) is 6.15. The van der Waals surface area contributed by atoms with Crippen LogP contribution in [0, 0.1) is 0 Å². The van der Waals surface area contributed by atoms with Crippen LogP contribution in [0.3, 0.4) is 0 Å². The van der Waals surface area contributed by atoms with Crippen molar-refractivity contribution >= 4 is 57.6 Å². The van der Waals surface area contributed by atoms with E-state index in [9.17, 15) is 14.4 Å². The van der Waals surface area contributed by atoms with Gasteiger partial charge in [0.2, 0.25) is 17.7 Å². The summed E-state index contributed by atoms with van der Waals surface area (Å²) in [6.45, 7) is 1.85. The van der Waals surface area contributed by atoms with Gasteiger partial charge in [0.15, 0.2) is 5.17 Å². The van der Waals surface area contributed by atoms with Gasteiger partial charge >= 0.3 is 0 Å². The number of aliphatic imine (C=N–C) groups is 1. The van der Waals surface area contributed by atoms with E-state index in [1.165, 1.54) is 11.8 Å². The summed E-state index contributed by atoms with van der Waals surface area (Å²) < 4.78 is 0. The Hall–Kier alpha value is -2.84. The van der Waals surface area contributed by atoms with Crippen molar-refractivity contribution in [3.63, 3.8) is 0 Å². The van der Waals surface area contributed by atoms with Gasteiger partial charge in [-0.3, -0.25) is 19.3 Å². The number of nitrogens with zero attached hydrogens (tertiary/aromatic N) is 3. The number of hydrogen-bond donors (Lipinski definition) is 1. The Kier molecular flexibility index (Phi) is 7.67. The molecule has 4 rings (SSSR count). The Balaban J connectivity index is 1.43. The molecule has 7 nitrogen and oxygen atoms in total. The van der Waals surface area contributed by atoms with Gasteiger partial charge in [0, 0.05) is 43.2 Å². The molecule has 2 aliphatic heterocycles. The maximum Gasteiger partial charge on any atom is 0.242 e. The molecule has 1 atom stereocenters. The monoisotopic (exact) mass is 484 g/mol. The zero-order valence-corrected chi connectivity index (χ0v) is 19.6. The number of carbonyl (C=O) groups excluding carboxylic acids is 3. The van der Waals surface area contributed by atoms with Crippen LogP contribution in [-0.4, -0.2) is 57.6 Å². The fourth-order valence-electron chi connectivity index (χ4n) is 3.85. The summed E-state index contributed by atoms with van der Waals surface area (Å²) >= 11 is 7.29. The van der Waals surface area contributed by atoms with Crippen LogP contribution in [-0.2, 0) is 14.4 Å². The van der Waals surface area contributed by atoms with Gasteiger partial charge in [-0.25, -0.2) is 4.99 Å². The number of anilines is 1. The molecule has 2 heterocycles.